The molecule has 0 aliphatic rings. The summed E-state index contributed by atoms with van der Waals surface area (Å²) in [5.41, 5.74) is 1.30. The van der Waals surface area contributed by atoms with Crippen molar-refractivity contribution in [2.45, 2.75) is 19.4 Å². The van der Waals surface area contributed by atoms with Gasteiger partial charge in [-0.15, -0.1) is 0 Å². The Morgan fingerprint density at radius 2 is 1.65 bits per heavy atom. The van der Waals surface area contributed by atoms with Crippen LogP contribution < -0.4 is 10.1 Å². The Labute approximate surface area is 193 Å². The molecule has 158 valence electrons. The maximum Gasteiger partial charge on any atom is 0.267 e. The van der Waals surface area contributed by atoms with Crippen LogP contribution >= 0.6 is 34.8 Å². The summed E-state index contributed by atoms with van der Waals surface area (Å²) in [5.74, 6) is 0.663. The fourth-order valence-corrected chi connectivity index (χ4v) is 3.55. The fraction of sp³-hybridized carbons (Fsp3) is 0.130. The van der Waals surface area contributed by atoms with Crippen molar-refractivity contribution in [3.05, 3.63) is 75.7 Å². The number of oxazole rings is 1. The molecule has 0 saturated heterocycles. The van der Waals surface area contributed by atoms with Crippen molar-refractivity contribution in [3.8, 4) is 17.2 Å². The van der Waals surface area contributed by atoms with Crippen LogP contribution in [-0.4, -0.2) is 16.5 Å². The number of hydrogen-bond acceptors (Lipinski definition) is 4. The van der Waals surface area contributed by atoms with Crippen LogP contribution in [0.1, 0.15) is 13.8 Å². The average Bonchev–Trinajstić information content (AvgIpc) is 3.14. The number of nitrogens with zero attached hydrogens (tertiary/aromatic N) is 1. The van der Waals surface area contributed by atoms with Gasteiger partial charge in [-0.3, -0.25) is 4.79 Å². The number of nitrogens with one attached hydrogen (secondary N) is 1. The van der Waals surface area contributed by atoms with Gasteiger partial charge in [0.1, 0.15) is 11.3 Å². The molecule has 4 rings (SSSR count). The van der Waals surface area contributed by atoms with Gasteiger partial charge in [-0.25, -0.2) is 4.98 Å². The normalized spacial score (nSPS) is 11.5. The van der Waals surface area contributed by atoms with Gasteiger partial charge in [0.2, 0.25) is 5.89 Å². The minimum atomic E-state index is -1.09. The van der Waals surface area contributed by atoms with Crippen molar-refractivity contribution in [3.63, 3.8) is 0 Å². The minimum absolute atomic E-state index is 0.293. The molecule has 8 heteroatoms. The molecule has 1 aromatic heterocycles. The smallest absolute Gasteiger partial charge is 0.267 e. The van der Waals surface area contributed by atoms with Crippen LogP contribution in [-0.2, 0) is 4.79 Å². The van der Waals surface area contributed by atoms with E-state index in [1.165, 1.54) is 0 Å². The van der Waals surface area contributed by atoms with Crippen molar-refractivity contribution in [2.75, 3.05) is 5.32 Å². The van der Waals surface area contributed by atoms with E-state index in [1.54, 1.807) is 74.5 Å². The molecule has 0 bridgehead atoms. The molecule has 0 spiro atoms. The predicted molar refractivity (Wildman–Crippen MR) is 124 cm³/mol. The molecular formula is C23H17Cl3N2O3. The number of hydrogen-bond donors (Lipinski definition) is 1. The summed E-state index contributed by atoms with van der Waals surface area (Å²) in [6.07, 6.45) is 0. The van der Waals surface area contributed by atoms with E-state index in [0.717, 1.165) is 5.56 Å². The van der Waals surface area contributed by atoms with Gasteiger partial charge >= 0.3 is 0 Å². The van der Waals surface area contributed by atoms with Gasteiger partial charge in [0.25, 0.3) is 5.91 Å². The number of benzene rings is 3. The highest BCUT2D eigenvalue weighted by Crippen LogP contribution is 2.32. The number of fused-ring (bicyclic) bond motifs is 1. The lowest BCUT2D eigenvalue weighted by Crippen LogP contribution is -2.42. The van der Waals surface area contributed by atoms with Crippen molar-refractivity contribution in [1.29, 1.82) is 0 Å². The second-order valence-corrected chi connectivity index (χ2v) is 8.63. The number of aromatic nitrogens is 1. The maximum absolute atomic E-state index is 12.7. The molecule has 1 heterocycles. The highest BCUT2D eigenvalue weighted by Gasteiger charge is 2.30. The third-order valence-corrected chi connectivity index (χ3v) is 5.28. The molecule has 1 N–H and O–H groups in total. The molecule has 0 fully saturated rings. The summed E-state index contributed by atoms with van der Waals surface area (Å²) in [5, 5.41) is 4.33. The van der Waals surface area contributed by atoms with Gasteiger partial charge in [0.05, 0.1) is 5.02 Å². The molecule has 0 unspecified atom stereocenters. The Hall–Kier alpha value is -2.73. The Morgan fingerprint density at radius 3 is 2.32 bits per heavy atom. The topological polar surface area (TPSA) is 64.4 Å². The number of halogens is 3. The Morgan fingerprint density at radius 1 is 0.968 bits per heavy atom. The molecule has 4 aromatic rings. The molecule has 1 amide bonds. The lowest BCUT2D eigenvalue weighted by atomic mass is 10.1. The summed E-state index contributed by atoms with van der Waals surface area (Å²) >= 11 is 18.1. The first-order valence-electron chi connectivity index (χ1n) is 9.33. The SMILES string of the molecule is CC(C)(Oc1ccc(Cl)cc1)C(=O)Nc1ccc(-c2nc3cc(Cl)cc(Cl)c3o2)cc1. The van der Waals surface area contributed by atoms with Gasteiger partial charge in [0, 0.05) is 21.3 Å². The maximum atomic E-state index is 12.7. The second kappa shape index (κ2) is 8.42. The van der Waals surface area contributed by atoms with Gasteiger partial charge in [0.15, 0.2) is 11.2 Å². The van der Waals surface area contributed by atoms with Crippen LogP contribution in [0.5, 0.6) is 5.75 Å². The first-order valence-corrected chi connectivity index (χ1v) is 10.5. The molecular weight excluding hydrogens is 459 g/mol. The van der Waals surface area contributed by atoms with Gasteiger partial charge in [-0.2, -0.15) is 0 Å². The summed E-state index contributed by atoms with van der Waals surface area (Å²) < 4.78 is 11.6. The predicted octanol–water partition coefficient (Wildman–Crippen LogP) is 7.25. The number of ether oxygens (including phenoxy) is 1. The zero-order valence-corrected chi connectivity index (χ0v) is 18.8. The van der Waals surface area contributed by atoms with E-state index in [0.29, 0.717) is 43.5 Å². The number of rotatable bonds is 5. The highest BCUT2D eigenvalue weighted by atomic mass is 35.5. The molecule has 0 aliphatic carbocycles. The van der Waals surface area contributed by atoms with Crippen LogP contribution in [0, 0.1) is 0 Å². The van der Waals surface area contributed by atoms with Crippen LogP contribution in [0.3, 0.4) is 0 Å². The van der Waals surface area contributed by atoms with Gasteiger partial charge in [-0.1, -0.05) is 34.8 Å². The molecule has 3 aromatic carbocycles. The number of carbonyl (C=O) groups is 1. The van der Waals surface area contributed by atoms with E-state index in [4.69, 9.17) is 44.0 Å². The second-order valence-electron chi connectivity index (χ2n) is 7.35. The van der Waals surface area contributed by atoms with E-state index in [1.807, 2.05) is 0 Å². The summed E-state index contributed by atoms with van der Waals surface area (Å²) in [4.78, 5) is 17.2. The van der Waals surface area contributed by atoms with Crippen molar-refractivity contribution < 1.29 is 13.9 Å². The van der Waals surface area contributed by atoms with Crippen molar-refractivity contribution in [1.82, 2.24) is 4.98 Å². The third-order valence-electron chi connectivity index (χ3n) is 4.53. The fourth-order valence-electron chi connectivity index (χ4n) is 2.90. The van der Waals surface area contributed by atoms with E-state index >= 15 is 0 Å². The molecule has 31 heavy (non-hydrogen) atoms. The molecule has 0 aliphatic heterocycles. The van der Waals surface area contributed by atoms with E-state index in [2.05, 4.69) is 10.3 Å². The lowest BCUT2D eigenvalue weighted by Gasteiger charge is -2.25. The quantitative estimate of drug-likeness (QED) is 0.330. The zero-order valence-electron chi connectivity index (χ0n) is 16.6. The number of amides is 1. The van der Waals surface area contributed by atoms with E-state index in [9.17, 15) is 4.79 Å². The number of anilines is 1. The molecule has 0 saturated carbocycles. The third kappa shape index (κ3) is 4.79. The lowest BCUT2D eigenvalue weighted by molar-refractivity contribution is -0.128. The molecule has 0 atom stereocenters. The van der Waals surface area contributed by atoms with E-state index in [-0.39, 0.29) is 5.91 Å². The molecule has 0 radical (unpaired) electrons. The number of carbonyl (C=O) groups excluding carboxylic acids is 1. The van der Waals surface area contributed by atoms with E-state index < -0.39 is 5.60 Å². The van der Waals surface area contributed by atoms with Gasteiger partial charge < -0.3 is 14.5 Å². The van der Waals surface area contributed by atoms with Crippen LogP contribution in [0.2, 0.25) is 15.1 Å². The van der Waals surface area contributed by atoms with Crippen molar-refractivity contribution in [2.24, 2.45) is 0 Å². The van der Waals surface area contributed by atoms with Crippen LogP contribution in [0.15, 0.2) is 65.1 Å². The van der Waals surface area contributed by atoms with Crippen LogP contribution in [0.25, 0.3) is 22.6 Å². The summed E-state index contributed by atoms with van der Waals surface area (Å²) in [7, 11) is 0. The zero-order chi connectivity index (χ0) is 22.2. The first kappa shape index (κ1) is 21.5. The van der Waals surface area contributed by atoms with Crippen molar-refractivity contribution >= 4 is 57.5 Å². The summed E-state index contributed by atoms with van der Waals surface area (Å²) in [6, 6.07) is 17.2. The van der Waals surface area contributed by atoms with Crippen LogP contribution in [0.4, 0.5) is 5.69 Å². The van der Waals surface area contributed by atoms with Gasteiger partial charge in [-0.05, 0) is 74.5 Å². The first-order chi connectivity index (χ1) is 14.7. The largest absolute Gasteiger partial charge is 0.478 e. The average molecular weight is 476 g/mol. The molecule has 5 nitrogen and oxygen atoms in total. The Balaban J connectivity index is 1.48. The standard InChI is InChI=1S/C23H17Cl3N2O3/c1-23(2,31-17-9-5-14(24)6-10-17)22(29)27-16-7-3-13(4-8-16)21-28-19-12-15(25)11-18(26)20(19)30-21/h3-12H,1-2H3,(H,27,29). The Kier molecular flexibility index (Phi) is 5.84. The summed E-state index contributed by atoms with van der Waals surface area (Å²) in [6.45, 7) is 3.39. The Bertz CT molecular complexity index is 1250. The highest BCUT2D eigenvalue weighted by molar-refractivity contribution is 6.38. The minimum Gasteiger partial charge on any atom is -0.478 e. The monoisotopic (exact) mass is 474 g/mol.